The van der Waals surface area contributed by atoms with Crippen molar-refractivity contribution in [2.24, 2.45) is 0 Å². The number of hydrogen-bond acceptors (Lipinski definition) is 6. The first kappa shape index (κ1) is 15.6. The lowest BCUT2D eigenvalue weighted by atomic mass is 10.2. The lowest BCUT2D eigenvalue weighted by Crippen LogP contribution is -2.44. The van der Waals surface area contributed by atoms with Gasteiger partial charge < -0.3 is 4.74 Å². The fourth-order valence-corrected chi connectivity index (χ4v) is 3.98. The Kier molecular flexibility index (Phi) is 4.87. The number of anilines is 1. The maximum Gasteiger partial charge on any atom is 0.258 e. The molecule has 1 aliphatic rings. The van der Waals surface area contributed by atoms with E-state index in [4.69, 9.17) is 4.74 Å². The number of thiophene rings is 1. The minimum Gasteiger partial charge on any atom is -0.373 e. The van der Waals surface area contributed by atoms with Crippen LogP contribution in [0.25, 0.3) is 0 Å². The molecular formula is C15H19N3O2S2. The summed E-state index contributed by atoms with van der Waals surface area (Å²) in [5.74, 6) is -0.101. The van der Waals surface area contributed by atoms with E-state index in [2.05, 4.69) is 29.0 Å². The number of ether oxygens (including phenoxy) is 1. The summed E-state index contributed by atoms with van der Waals surface area (Å²) < 4.78 is 5.74. The molecule has 0 radical (unpaired) electrons. The molecule has 2 aromatic heterocycles. The van der Waals surface area contributed by atoms with Crippen LogP contribution in [0.15, 0.2) is 22.2 Å². The topological polar surface area (TPSA) is 54.5 Å². The molecule has 2 aromatic rings. The molecule has 0 unspecified atom stereocenters. The van der Waals surface area contributed by atoms with Gasteiger partial charge in [0.25, 0.3) is 5.91 Å². The predicted molar refractivity (Wildman–Crippen MR) is 89.7 cm³/mol. The zero-order valence-corrected chi connectivity index (χ0v) is 14.2. The molecule has 0 saturated carbocycles. The first-order valence-electron chi connectivity index (χ1n) is 7.26. The summed E-state index contributed by atoms with van der Waals surface area (Å²) in [6, 6.07) is 1.81. The van der Waals surface area contributed by atoms with Gasteiger partial charge in [-0.15, -0.1) is 11.3 Å². The summed E-state index contributed by atoms with van der Waals surface area (Å²) in [5, 5.41) is 9.24. The number of nitrogens with one attached hydrogen (secondary N) is 1. The van der Waals surface area contributed by atoms with E-state index in [1.165, 1.54) is 22.7 Å². The van der Waals surface area contributed by atoms with Crippen LogP contribution < -0.4 is 5.32 Å². The lowest BCUT2D eigenvalue weighted by Gasteiger charge is -2.34. The van der Waals surface area contributed by atoms with Crippen LogP contribution in [0.1, 0.15) is 29.9 Å². The Morgan fingerprint density at radius 3 is 2.86 bits per heavy atom. The molecule has 3 heterocycles. The Hall–Kier alpha value is -1.28. The molecule has 1 amide bonds. The predicted octanol–water partition coefficient (Wildman–Crippen LogP) is 3.07. The normalized spacial score (nSPS) is 22.6. The summed E-state index contributed by atoms with van der Waals surface area (Å²) in [4.78, 5) is 18.9. The van der Waals surface area contributed by atoms with Crippen LogP contribution in [0.3, 0.4) is 0 Å². The average Bonchev–Trinajstić information content (AvgIpc) is 3.09. The van der Waals surface area contributed by atoms with Crippen molar-refractivity contribution in [3.63, 3.8) is 0 Å². The van der Waals surface area contributed by atoms with Crippen molar-refractivity contribution < 1.29 is 9.53 Å². The van der Waals surface area contributed by atoms with Crippen LogP contribution in [0.5, 0.6) is 0 Å². The van der Waals surface area contributed by atoms with Gasteiger partial charge in [-0.3, -0.25) is 15.0 Å². The van der Waals surface area contributed by atoms with E-state index in [-0.39, 0.29) is 18.1 Å². The second-order valence-electron chi connectivity index (χ2n) is 5.56. The maximum absolute atomic E-state index is 12.0. The molecule has 7 heteroatoms. The van der Waals surface area contributed by atoms with Crippen LogP contribution >= 0.6 is 22.7 Å². The second kappa shape index (κ2) is 6.87. The van der Waals surface area contributed by atoms with Gasteiger partial charge in [0, 0.05) is 30.4 Å². The van der Waals surface area contributed by atoms with E-state index >= 15 is 0 Å². The van der Waals surface area contributed by atoms with Crippen LogP contribution in [0.4, 0.5) is 5.13 Å². The monoisotopic (exact) mass is 337 g/mol. The highest BCUT2D eigenvalue weighted by molar-refractivity contribution is 7.14. The highest BCUT2D eigenvalue weighted by Gasteiger charge is 2.22. The Balaban J connectivity index is 1.58. The Morgan fingerprint density at radius 2 is 2.18 bits per heavy atom. The maximum atomic E-state index is 12.0. The van der Waals surface area contributed by atoms with Crippen molar-refractivity contribution in [3.8, 4) is 0 Å². The van der Waals surface area contributed by atoms with E-state index in [0.717, 1.165) is 25.3 Å². The van der Waals surface area contributed by atoms with Crippen molar-refractivity contribution in [1.82, 2.24) is 9.88 Å². The van der Waals surface area contributed by atoms with Crippen molar-refractivity contribution >= 4 is 33.7 Å². The molecule has 0 aromatic carbocycles. The standard InChI is InChI=1S/C15H19N3O2S2/c1-10-5-18(6-11(2)20-10)7-13-9-22-15(16-13)17-14(19)12-3-4-21-8-12/h3-4,8-11H,5-7H2,1-2H3,(H,16,17,19)/t10-,11-/m0/s1. The van der Waals surface area contributed by atoms with E-state index in [1.807, 2.05) is 22.2 Å². The highest BCUT2D eigenvalue weighted by Crippen LogP contribution is 2.20. The molecule has 1 fully saturated rings. The molecule has 0 bridgehead atoms. The second-order valence-corrected chi connectivity index (χ2v) is 7.20. The number of carbonyl (C=O) groups is 1. The number of amides is 1. The van der Waals surface area contributed by atoms with Gasteiger partial charge in [0.2, 0.25) is 0 Å². The quantitative estimate of drug-likeness (QED) is 0.931. The molecule has 22 heavy (non-hydrogen) atoms. The van der Waals surface area contributed by atoms with Gasteiger partial charge in [-0.1, -0.05) is 0 Å². The van der Waals surface area contributed by atoms with Crippen molar-refractivity contribution in [3.05, 3.63) is 33.5 Å². The summed E-state index contributed by atoms with van der Waals surface area (Å²) >= 11 is 2.98. The Morgan fingerprint density at radius 1 is 1.41 bits per heavy atom. The number of carbonyl (C=O) groups excluding carboxylic acids is 1. The number of nitrogens with zero attached hydrogens (tertiary/aromatic N) is 2. The summed E-state index contributed by atoms with van der Waals surface area (Å²) in [5.41, 5.74) is 1.67. The van der Waals surface area contributed by atoms with Crippen molar-refractivity contribution in [2.45, 2.75) is 32.6 Å². The number of hydrogen-bond donors (Lipinski definition) is 1. The van der Waals surface area contributed by atoms with E-state index in [1.54, 1.807) is 0 Å². The molecule has 3 rings (SSSR count). The third-order valence-corrected chi connectivity index (χ3v) is 4.93. The molecule has 5 nitrogen and oxygen atoms in total. The lowest BCUT2D eigenvalue weighted by molar-refractivity contribution is -0.0707. The molecule has 0 spiro atoms. The summed E-state index contributed by atoms with van der Waals surface area (Å²) in [6.07, 6.45) is 0.500. The molecular weight excluding hydrogens is 318 g/mol. The molecule has 2 atom stereocenters. The van der Waals surface area contributed by atoms with Gasteiger partial charge in [-0.05, 0) is 25.3 Å². The summed E-state index contributed by atoms with van der Waals surface area (Å²) in [6.45, 7) is 6.81. The fourth-order valence-electron chi connectivity index (χ4n) is 2.64. The number of aromatic nitrogens is 1. The van der Waals surface area contributed by atoms with Crippen molar-refractivity contribution in [1.29, 1.82) is 0 Å². The van der Waals surface area contributed by atoms with Gasteiger partial charge in [-0.25, -0.2) is 4.98 Å². The first-order valence-corrected chi connectivity index (χ1v) is 9.08. The number of rotatable bonds is 4. The zero-order chi connectivity index (χ0) is 15.5. The van der Waals surface area contributed by atoms with E-state index in [9.17, 15) is 4.79 Å². The third kappa shape index (κ3) is 3.92. The Labute approximate surface area is 137 Å². The summed E-state index contributed by atoms with van der Waals surface area (Å²) in [7, 11) is 0. The van der Waals surface area contributed by atoms with Crippen LogP contribution in [-0.2, 0) is 11.3 Å². The smallest absolute Gasteiger partial charge is 0.258 e. The zero-order valence-electron chi connectivity index (χ0n) is 12.6. The van der Waals surface area contributed by atoms with E-state index in [0.29, 0.717) is 10.7 Å². The number of morpholine rings is 1. The molecule has 1 aliphatic heterocycles. The highest BCUT2D eigenvalue weighted by atomic mass is 32.1. The van der Waals surface area contributed by atoms with Gasteiger partial charge >= 0.3 is 0 Å². The third-order valence-electron chi connectivity index (χ3n) is 3.44. The SMILES string of the molecule is C[C@H]1CN(Cc2csc(NC(=O)c3ccsc3)n2)C[C@H](C)O1. The van der Waals surface area contributed by atoms with Crippen LogP contribution in [0, 0.1) is 0 Å². The van der Waals surface area contributed by atoms with Crippen LogP contribution in [0.2, 0.25) is 0 Å². The van der Waals surface area contributed by atoms with Crippen LogP contribution in [-0.4, -0.2) is 41.1 Å². The molecule has 1 N–H and O–H groups in total. The Bertz CT molecular complexity index is 617. The largest absolute Gasteiger partial charge is 0.373 e. The number of thiazole rings is 1. The average molecular weight is 337 g/mol. The minimum atomic E-state index is -0.101. The molecule has 1 saturated heterocycles. The van der Waals surface area contributed by atoms with Gasteiger partial charge in [0.1, 0.15) is 0 Å². The van der Waals surface area contributed by atoms with Gasteiger partial charge in [0.15, 0.2) is 5.13 Å². The van der Waals surface area contributed by atoms with E-state index < -0.39 is 0 Å². The fraction of sp³-hybridized carbons (Fsp3) is 0.467. The van der Waals surface area contributed by atoms with Crippen molar-refractivity contribution in [2.75, 3.05) is 18.4 Å². The molecule has 118 valence electrons. The molecule has 0 aliphatic carbocycles. The van der Waals surface area contributed by atoms with Gasteiger partial charge in [0.05, 0.1) is 23.5 Å². The first-order chi connectivity index (χ1) is 10.6. The van der Waals surface area contributed by atoms with Gasteiger partial charge in [-0.2, -0.15) is 11.3 Å². The minimum absolute atomic E-state index is 0.101.